The fourth-order valence-corrected chi connectivity index (χ4v) is 134. The van der Waals surface area contributed by atoms with Crippen molar-refractivity contribution in [3.05, 3.63) is 243 Å². The second-order valence-corrected chi connectivity index (χ2v) is 56.3. The minimum absolute atomic E-state index is 0.252. The van der Waals surface area contributed by atoms with Crippen molar-refractivity contribution in [2.45, 2.75) is 53.1 Å². The van der Waals surface area contributed by atoms with Gasteiger partial charge in [0.2, 0.25) is 0 Å². The summed E-state index contributed by atoms with van der Waals surface area (Å²) in [7, 11) is -1.12. The van der Waals surface area contributed by atoms with Crippen molar-refractivity contribution in [3.8, 4) is 0 Å². The van der Waals surface area contributed by atoms with Gasteiger partial charge in [-0.05, 0) is 55.8 Å². The molecular weight excluding hydrogens is 912 g/mol. The topological polar surface area (TPSA) is 0 Å². The van der Waals surface area contributed by atoms with Crippen molar-refractivity contribution in [1.82, 2.24) is 0 Å². The molecule has 326 valence electrons. The van der Waals surface area contributed by atoms with Crippen LogP contribution in [0.2, 0.25) is 38.5 Å². The average Bonchev–Trinajstić information content (AvgIpc) is 4.36. The van der Waals surface area contributed by atoms with Gasteiger partial charge in [0.1, 0.15) is 0 Å². The Kier molecular flexibility index (Phi) is 5.18. The van der Waals surface area contributed by atoms with E-state index in [9.17, 15) is 0 Å². The molecule has 0 bridgehead atoms. The Bertz CT molecular complexity index is 3170. The standard InChI is InChI=1S/C27H26P2.2C17H14P.Fe/c1-5-14-24(15-6-1)28(25-16-7-2-8-17-25)22-13-23-29(26-18-9-3-10-19-26)27-20-11-4-12-21-27;2*1-3-9-15(10-4-1)18(17-13-7-8-14-17)16-11-5-2-6-12-16;/h1-12,14-21H,13,22-23H2;2*1-14H;. The quantitative estimate of drug-likeness (QED) is 0.0752. The van der Waals surface area contributed by atoms with Crippen molar-refractivity contribution in [2.75, 3.05) is 12.3 Å². The first-order chi connectivity index (χ1) is 32.5. The van der Waals surface area contributed by atoms with Crippen LogP contribution in [0, 0.1) is 0 Å². The fourth-order valence-electron chi connectivity index (χ4n) is 24.5. The van der Waals surface area contributed by atoms with Crippen LogP contribution in [0.1, 0.15) is 6.42 Å². The average molecular weight is 967 g/mol. The molecule has 0 amide bonds. The summed E-state index contributed by atoms with van der Waals surface area (Å²) in [6.45, 7) is -3.82. The molecule has 8 unspecified atom stereocenters. The summed E-state index contributed by atoms with van der Waals surface area (Å²) in [6, 6.07) is 92.3. The Morgan fingerprint density at radius 1 is 0.273 bits per heavy atom. The van der Waals surface area contributed by atoms with Gasteiger partial charge in [0.25, 0.3) is 0 Å². The second kappa shape index (κ2) is 9.02. The van der Waals surface area contributed by atoms with Crippen LogP contribution in [-0.4, -0.2) is 20.4 Å². The number of hydrogen-bond acceptors (Lipinski definition) is 0. The molecule has 0 aromatic heterocycles. The van der Waals surface area contributed by atoms with Crippen LogP contribution in [-0.2, 0) is 6.51 Å². The summed E-state index contributed by atoms with van der Waals surface area (Å²) >= 11 is 0. The molecule has 10 saturated heterocycles. The van der Waals surface area contributed by atoms with E-state index in [1.54, 1.807) is 21.2 Å². The molecule has 8 aromatic rings. The van der Waals surface area contributed by atoms with Crippen LogP contribution in [0.4, 0.5) is 0 Å². The maximum atomic E-state index is 2.54. The molecule has 0 aliphatic carbocycles. The summed E-state index contributed by atoms with van der Waals surface area (Å²) in [5.41, 5.74) is 0. The number of fused-ring (bicyclic) bond motifs is 10. The van der Waals surface area contributed by atoms with Gasteiger partial charge in [0.05, 0.1) is 0 Å². The van der Waals surface area contributed by atoms with Gasteiger partial charge in [-0.25, -0.2) is 0 Å². The minimum atomic E-state index is -3.82. The molecule has 10 aliphatic rings. The number of rotatable bonds is 14. The first-order valence-corrected chi connectivity index (χ1v) is 36.2. The van der Waals surface area contributed by atoms with Crippen molar-refractivity contribution in [1.29, 1.82) is 0 Å². The van der Waals surface area contributed by atoms with Crippen LogP contribution >= 0.6 is 31.7 Å². The fraction of sp³-hybridized carbons (Fsp3) is 0.213. The number of hydrogen-bond donors (Lipinski definition) is 0. The van der Waals surface area contributed by atoms with E-state index in [-0.39, 0.29) is 31.7 Å². The van der Waals surface area contributed by atoms with E-state index in [4.69, 9.17) is 0 Å². The van der Waals surface area contributed by atoms with Crippen LogP contribution in [0.3, 0.4) is 0 Å². The Morgan fingerprint density at radius 2 is 0.470 bits per heavy atom. The van der Waals surface area contributed by atoms with Gasteiger partial charge in [-0.1, -0.05) is 121 Å². The zero-order chi connectivity index (χ0) is 43.3. The van der Waals surface area contributed by atoms with E-state index in [1.165, 1.54) is 78.5 Å². The summed E-state index contributed by atoms with van der Waals surface area (Å²) < 4.78 is 1.60. The monoisotopic (exact) mass is 966 g/mol. The van der Waals surface area contributed by atoms with E-state index < -0.39 is 6.51 Å². The Labute approximate surface area is 386 Å². The molecule has 10 aliphatic heterocycles. The third kappa shape index (κ3) is 1.85. The Morgan fingerprint density at radius 3 is 0.667 bits per heavy atom. The molecule has 0 nitrogen and oxygen atoms in total. The van der Waals surface area contributed by atoms with Crippen molar-refractivity contribution in [2.24, 2.45) is 0 Å². The van der Waals surface area contributed by atoms with Crippen molar-refractivity contribution in [3.63, 3.8) is 0 Å². The molecule has 0 radical (unpaired) electrons. The second-order valence-electron chi connectivity index (χ2n) is 22.7. The molecule has 8 aromatic carbocycles. The summed E-state index contributed by atoms with van der Waals surface area (Å²) in [4.78, 5) is 10.1. The molecule has 10 heterocycles. The number of benzene rings is 8. The summed E-state index contributed by atoms with van der Waals surface area (Å²) in [6.07, 6.45) is 3.72. The molecule has 0 N–H and O–H groups in total. The van der Waals surface area contributed by atoms with Crippen molar-refractivity contribution >= 4 is 74.1 Å². The van der Waals surface area contributed by atoms with Gasteiger partial charge in [-0.2, -0.15) is 0 Å². The van der Waals surface area contributed by atoms with E-state index >= 15 is 0 Å². The van der Waals surface area contributed by atoms with Gasteiger partial charge in [-0.15, -0.1) is 0 Å². The first-order valence-electron chi connectivity index (χ1n) is 24.3. The zero-order valence-corrected chi connectivity index (χ0v) is 41.7. The van der Waals surface area contributed by atoms with Crippen LogP contribution in [0.25, 0.3) is 0 Å². The molecular formula is C61H54FeP4. The van der Waals surface area contributed by atoms with Gasteiger partial charge in [0.15, 0.2) is 0 Å². The third-order valence-electron chi connectivity index (χ3n) is 24.4. The summed E-state index contributed by atoms with van der Waals surface area (Å²) in [5.74, 6) is 0. The van der Waals surface area contributed by atoms with Crippen LogP contribution in [0.15, 0.2) is 243 Å². The maximum absolute atomic E-state index is 3.82. The molecule has 0 saturated carbocycles. The van der Waals surface area contributed by atoms with E-state index in [0.717, 1.165) is 8.11 Å². The van der Waals surface area contributed by atoms with Gasteiger partial charge in [0, 0.05) is 0 Å². The van der Waals surface area contributed by atoms with Gasteiger partial charge >= 0.3 is 212 Å². The molecule has 5 heteroatoms. The predicted molar refractivity (Wildman–Crippen MR) is 286 cm³/mol. The molecule has 8 atom stereocenters. The molecule has 66 heavy (non-hydrogen) atoms. The first kappa shape index (κ1) is 37.9. The Balaban J connectivity index is 0.000000118. The molecule has 1 spiro atoms. The van der Waals surface area contributed by atoms with E-state index in [1.807, 2.05) is 0 Å². The van der Waals surface area contributed by atoms with Gasteiger partial charge in [-0.3, -0.25) is 0 Å². The van der Waals surface area contributed by atoms with E-state index in [2.05, 4.69) is 243 Å². The third-order valence-corrected chi connectivity index (χ3v) is 86.3. The normalized spacial score (nSPS) is 40.2. The molecule has 10 fully saturated rings. The van der Waals surface area contributed by atoms with Crippen LogP contribution < -0.4 is 42.4 Å². The SMILES string of the molecule is c1ccc(P(CCCP(c2ccccc2)c2ccccc2)c2ccccc2)cc1.c1ccc(P(c2ccccc2)[C]23[CH]4[CH]5[CH]6[CH]2[Fe]56432789[CH]3[CH]2[CH]7[C]8(P(c2ccccc2)c2ccccc2)[CH]39)cc1. The summed E-state index contributed by atoms with van der Waals surface area (Å²) in [5, 5.41) is 12.8. The Hall–Kier alpha value is -4.00. The zero-order valence-electron chi connectivity index (χ0n) is 37.0. The van der Waals surface area contributed by atoms with Crippen molar-refractivity contribution < 1.29 is 6.51 Å². The van der Waals surface area contributed by atoms with Gasteiger partial charge < -0.3 is 0 Å². The van der Waals surface area contributed by atoms with E-state index in [0.29, 0.717) is 0 Å². The predicted octanol–water partition coefficient (Wildman–Crippen LogP) is 13.1. The molecule has 18 rings (SSSR count). The van der Waals surface area contributed by atoms with Crippen LogP contribution in [0.5, 0.6) is 0 Å².